The highest BCUT2D eigenvalue weighted by Crippen LogP contribution is 2.35. The van der Waals surface area contributed by atoms with Crippen LogP contribution in [0.1, 0.15) is 56.3 Å². The molecule has 2 aliphatic heterocycles. The summed E-state index contributed by atoms with van der Waals surface area (Å²) in [7, 11) is 0. The second-order valence-electron chi connectivity index (χ2n) is 7.04. The van der Waals surface area contributed by atoms with Crippen LogP contribution in [0.2, 0.25) is 0 Å². The molecular formula is C16H23N5O3. The van der Waals surface area contributed by atoms with Gasteiger partial charge in [0.1, 0.15) is 5.54 Å². The Morgan fingerprint density at radius 2 is 2.04 bits per heavy atom. The van der Waals surface area contributed by atoms with Gasteiger partial charge in [0.2, 0.25) is 5.89 Å². The molecule has 0 bridgehead atoms. The molecule has 1 aliphatic carbocycles. The topological polar surface area (TPSA) is 91.6 Å². The molecule has 3 amide bonds. The summed E-state index contributed by atoms with van der Waals surface area (Å²) in [5.41, 5.74) is -0.619. The third kappa shape index (κ3) is 2.49. The molecule has 2 saturated heterocycles. The average Bonchev–Trinajstić information content (AvgIpc) is 3.30. The number of likely N-dealkylation sites (tertiary alicyclic amines) is 1. The van der Waals surface area contributed by atoms with Crippen molar-refractivity contribution in [2.75, 3.05) is 19.6 Å². The highest BCUT2D eigenvalue weighted by Gasteiger charge is 2.52. The van der Waals surface area contributed by atoms with Crippen LogP contribution in [-0.4, -0.2) is 57.1 Å². The van der Waals surface area contributed by atoms with Gasteiger partial charge in [-0.05, 0) is 32.2 Å². The summed E-state index contributed by atoms with van der Waals surface area (Å²) in [5, 5.41) is 6.96. The number of nitrogens with zero attached hydrogens (tertiary/aromatic N) is 4. The van der Waals surface area contributed by atoms with Crippen molar-refractivity contribution in [3.63, 3.8) is 0 Å². The Morgan fingerprint density at radius 3 is 2.75 bits per heavy atom. The molecular weight excluding hydrogens is 310 g/mol. The SMILES string of the molecule is Cc1nc([C@@H]2CCCN2CCN2C(=O)NC3(CCCC3)C2=O)no1. The second kappa shape index (κ2) is 5.84. The van der Waals surface area contributed by atoms with Gasteiger partial charge >= 0.3 is 6.03 Å². The molecule has 0 unspecified atom stereocenters. The number of imide groups is 1. The number of aryl methyl sites for hydroxylation is 1. The van der Waals surface area contributed by atoms with E-state index in [0.29, 0.717) is 24.8 Å². The first-order valence-electron chi connectivity index (χ1n) is 8.77. The molecule has 130 valence electrons. The number of carbonyl (C=O) groups excluding carboxylic acids is 2. The summed E-state index contributed by atoms with van der Waals surface area (Å²) >= 11 is 0. The second-order valence-corrected chi connectivity index (χ2v) is 7.04. The lowest BCUT2D eigenvalue weighted by Gasteiger charge is -2.24. The molecule has 3 aliphatic rings. The first-order chi connectivity index (χ1) is 11.6. The van der Waals surface area contributed by atoms with Crippen molar-refractivity contribution in [1.29, 1.82) is 0 Å². The summed E-state index contributed by atoms with van der Waals surface area (Å²) in [6.45, 7) is 3.77. The van der Waals surface area contributed by atoms with Crippen molar-refractivity contribution in [2.45, 2.75) is 57.0 Å². The van der Waals surface area contributed by atoms with Gasteiger partial charge in [0, 0.05) is 20.0 Å². The molecule has 8 heteroatoms. The van der Waals surface area contributed by atoms with Crippen molar-refractivity contribution >= 4 is 11.9 Å². The highest BCUT2D eigenvalue weighted by molar-refractivity contribution is 6.07. The van der Waals surface area contributed by atoms with Crippen molar-refractivity contribution in [3.05, 3.63) is 11.7 Å². The predicted octanol–water partition coefficient (Wildman–Crippen LogP) is 1.38. The minimum Gasteiger partial charge on any atom is -0.340 e. The Hall–Kier alpha value is -1.96. The normalized spacial score (nSPS) is 26.7. The van der Waals surface area contributed by atoms with E-state index in [2.05, 4.69) is 20.4 Å². The molecule has 1 spiro atoms. The number of aromatic nitrogens is 2. The van der Waals surface area contributed by atoms with E-state index in [-0.39, 0.29) is 18.0 Å². The van der Waals surface area contributed by atoms with E-state index < -0.39 is 5.54 Å². The Morgan fingerprint density at radius 1 is 1.25 bits per heavy atom. The molecule has 3 fully saturated rings. The lowest BCUT2D eigenvalue weighted by molar-refractivity contribution is -0.131. The zero-order chi connectivity index (χ0) is 16.7. The Bertz CT molecular complexity index is 652. The van der Waals surface area contributed by atoms with Crippen LogP contribution in [0.3, 0.4) is 0 Å². The molecule has 0 aromatic carbocycles. The van der Waals surface area contributed by atoms with Crippen LogP contribution in [-0.2, 0) is 4.79 Å². The van der Waals surface area contributed by atoms with Gasteiger partial charge in [-0.3, -0.25) is 14.6 Å². The minimum absolute atomic E-state index is 0.0452. The van der Waals surface area contributed by atoms with Crippen LogP contribution in [0.4, 0.5) is 4.79 Å². The molecule has 24 heavy (non-hydrogen) atoms. The molecule has 1 N–H and O–H groups in total. The number of nitrogens with one attached hydrogen (secondary N) is 1. The van der Waals surface area contributed by atoms with E-state index in [9.17, 15) is 9.59 Å². The van der Waals surface area contributed by atoms with E-state index in [0.717, 1.165) is 45.1 Å². The van der Waals surface area contributed by atoms with Gasteiger partial charge in [0.25, 0.3) is 5.91 Å². The van der Waals surface area contributed by atoms with Gasteiger partial charge in [-0.1, -0.05) is 18.0 Å². The molecule has 1 aromatic rings. The lowest BCUT2D eigenvalue weighted by Crippen LogP contribution is -2.44. The van der Waals surface area contributed by atoms with Gasteiger partial charge < -0.3 is 9.84 Å². The van der Waals surface area contributed by atoms with E-state index in [1.54, 1.807) is 6.92 Å². The Kier molecular flexibility index (Phi) is 3.79. The van der Waals surface area contributed by atoms with Gasteiger partial charge in [0.15, 0.2) is 5.82 Å². The first kappa shape index (κ1) is 15.6. The quantitative estimate of drug-likeness (QED) is 0.837. The first-order valence-corrected chi connectivity index (χ1v) is 8.77. The van der Waals surface area contributed by atoms with Crippen LogP contribution in [0, 0.1) is 6.92 Å². The zero-order valence-corrected chi connectivity index (χ0v) is 14.0. The fourth-order valence-electron chi connectivity index (χ4n) is 4.26. The fraction of sp³-hybridized carbons (Fsp3) is 0.750. The summed E-state index contributed by atoms with van der Waals surface area (Å²) in [6, 6.07) is -0.128. The monoisotopic (exact) mass is 333 g/mol. The zero-order valence-electron chi connectivity index (χ0n) is 14.0. The highest BCUT2D eigenvalue weighted by atomic mass is 16.5. The van der Waals surface area contributed by atoms with Gasteiger partial charge in [-0.15, -0.1) is 0 Å². The molecule has 1 saturated carbocycles. The molecule has 4 rings (SSSR count). The maximum absolute atomic E-state index is 12.7. The van der Waals surface area contributed by atoms with Crippen molar-refractivity contribution in [1.82, 2.24) is 25.3 Å². The lowest BCUT2D eigenvalue weighted by atomic mass is 9.98. The van der Waals surface area contributed by atoms with E-state index in [1.165, 1.54) is 4.90 Å². The van der Waals surface area contributed by atoms with E-state index in [1.807, 2.05) is 0 Å². The standard InChI is InChI=1S/C16H23N5O3/c1-11-17-13(19-24-11)12-5-4-8-20(12)9-10-21-14(22)16(18-15(21)23)6-2-3-7-16/h12H,2-10H2,1H3,(H,18,23)/t12-/m0/s1. The number of rotatable bonds is 4. The maximum Gasteiger partial charge on any atom is 0.325 e. The molecule has 1 atom stereocenters. The average molecular weight is 333 g/mol. The molecule has 1 aromatic heterocycles. The molecule has 8 nitrogen and oxygen atoms in total. The fourth-order valence-corrected chi connectivity index (χ4v) is 4.26. The van der Waals surface area contributed by atoms with Crippen LogP contribution in [0.5, 0.6) is 0 Å². The molecule has 0 radical (unpaired) electrons. The number of carbonyl (C=O) groups is 2. The van der Waals surface area contributed by atoms with Crippen LogP contribution in [0.25, 0.3) is 0 Å². The summed E-state index contributed by atoms with van der Waals surface area (Å²) in [4.78, 5) is 32.9. The minimum atomic E-state index is -0.619. The Labute approximate surface area is 140 Å². The van der Waals surface area contributed by atoms with Crippen molar-refractivity contribution < 1.29 is 14.1 Å². The van der Waals surface area contributed by atoms with Crippen LogP contribution in [0.15, 0.2) is 4.52 Å². The third-order valence-corrected chi connectivity index (χ3v) is 5.52. The maximum atomic E-state index is 12.7. The third-order valence-electron chi connectivity index (χ3n) is 5.52. The van der Waals surface area contributed by atoms with Gasteiger partial charge in [-0.2, -0.15) is 4.98 Å². The van der Waals surface area contributed by atoms with Crippen molar-refractivity contribution in [2.24, 2.45) is 0 Å². The van der Waals surface area contributed by atoms with E-state index >= 15 is 0 Å². The summed E-state index contributed by atoms with van der Waals surface area (Å²) in [6.07, 6.45) is 5.58. The number of amides is 3. The smallest absolute Gasteiger partial charge is 0.325 e. The Balaban J connectivity index is 1.41. The largest absolute Gasteiger partial charge is 0.340 e. The summed E-state index contributed by atoms with van der Waals surface area (Å²) < 4.78 is 5.08. The van der Waals surface area contributed by atoms with Crippen LogP contribution >= 0.6 is 0 Å². The number of hydrogen-bond acceptors (Lipinski definition) is 6. The van der Waals surface area contributed by atoms with Crippen molar-refractivity contribution in [3.8, 4) is 0 Å². The van der Waals surface area contributed by atoms with Crippen LogP contribution < -0.4 is 5.32 Å². The van der Waals surface area contributed by atoms with E-state index in [4.69, 9.17) is 4.52 Å². The van der Waals surface area contributed by atoms with Gasteiger partial charge in [0.05, 0.1) is 6.04 Å². The molecule has 3 heterocycles. The van der Waals surface area contributed by atoms with Gasteiger partial charge in [-0.25, -0.2) is 4.79 Å². The number of urea groups is 1. The number of hydrogen-bond donors (Lipinski definition) is 1. The summed E-state index contributed by atoms with van der Waals surface area (Å²) in [5.74, 6) is 1.22. The predicted molar refractivity (Wildman–Crippen MR) is 84.0 cm³/mol.